The number of aromatic nitrogens is 2. The highest BCUT2D eigenvalue weighted by molar-refractivity contribution is 7.99. The number of aryl methyl sites for hydroxylation is 1. The summed E-state index contributed by atoms with van der Waals surface area (Å²) in [7, 11) is 2.20. The molecule has 7 nitrogen and oxygen atoms in total. The van der Waals surface area contributed by atoms with Crippen molar-refractivity contribution in [2.75, 3.05) is 68.0 Å². The minimum absolute atomic E-state index is 0.502. The molecule has 1 aromatic heterocycles. The van der Waals surface area contributed by atoms with E-state index >= 15 is 0 Å². The number of benzene rings is 1. The SMILES string of the molecule is Cc1cc(C2CN(C3CN(C)C3)C2)cc2c1OCc1c(ncnc1N1CCSCC1)N2. The van der Waals surface area contributed by atoms with Crippen LogP contribution in [-0.2, 0) is 6.61 Å². The Morgan fingerprint density at radius 3 is 2.68 bits per heavy atom. The topological polar surface area (TPSA) is 56.8 Å². The molecule has 0 spiro atoms. The van der Waals surface area contributed by atoms with E-state index in [4.69, 9.17) is 4.74 Å². The van der Waals surface area contributed by atoms with E-state index in [9.17, 15) is 0 Å². The van der Waals surface area contributed by atoms with Gasteiger partial charge in [0.2, 0.25) is 0 Å². The Labute approximate surface area is 188 Å². The molecular formula is C23H30N6OS. The highest BCUT2D eigenvalue weighted by Crippen LogP contribution is 2.41. The van der Waals surface area contributed by atoms with Gasteiger partial charge in [0.15, 0.2) is 0 Å². The number of hydrogen-bond donors (Lipinski definition) is 1. The number of anilines is 3. The van der Waals surface area contributed by atoms with Gasteiger partial charge >= 0.3 is 0 Å². The van der Waals surface area contributed by atoms with Gasteiger partial charge in [0, 0.05) is 62.7 Å². The summed E-state index contributed by atoms with van der Waals surface area (Å²) in [5, 5.41) is 3.60. The Hall–Kier alpha value is -2.03. The summed E-state index contributed by atoms with van der Waals surface area (Å²) in [5.41, 5.74) is 4.70. The van der Waals surface area contributed by atoms with Crippen molar-refractivity contribution in [1.29, 1.82) is 0 Å². The molecule has 1 N–H and O–H groups in total. The second-order valence-electron chi connectivity index (χ2n) is 9.28. The minimum Gasteiger partial charge on any atom is -0.486 e. The van der Waals surface area contributed by atoms with Crippen molar-refractivity contribution in [3.63, 3.8) is 0 Å². The number of rotatable bonds is 3. The second-order valence-corrected chi connectivity index (χ2v) is 10.5. The van der Waals surface area contributed by atoms with Gasteiger partial charge < -0.3 is 19.9 Å². The first-order chi connectivity index (χ1) is 15.2. The predicted molar refractivity (Wildman–Crippen MR) is 126 cm³/mol. The molecule has 164 valence electrons. The van der Waals surface area contributed by atoms with Crippen molar-refractivity contribution in [3.05, 3.63) is 35.2 Å². The van der Waals surface area contributed by atoms with Crippen LogP contribution < -0.4 is 15.0 Å². The molecule has 0 aliphatic carbocycles. The summed E-state index contributed by atoms with van der Waals surface area (Å²) in [6.07, 6.45) is 1.68. The van der Waals surface area contributed by atoms with E-state index in [0.29, 0.717) is 12.5 Å². The van der Waals surface area contributed by atoms with Crippen molar-refractivity contribution in [3.8, 4) is 5.75 Å². The summed E-state index contributed by atoms with van der Waals surface area (Å²) in [4.78, 5) is 16.6. The fourth-order valence-electron chi connectivity index (χ4n) is 5.20. The zero-order valence-corrected chi connectivity index (χ0v) is 19.1. The standard InChI is InChI=1S/C23H30N6OS/c1-15-7-16(17-9-29(10-17)18-11-27(2)12-18)8-20-21(15)30-13-19-22(26-20)24-14-25-23(19)28-3-5-31-6-4-28/h7-8,14,17-18H,3-6,9-13H2,1-2H3,(H,24,25,26). The van der Waals surface area contributed by atoms with Crippen molar-refractivity contribution in [1.82, 2.24) is 19.8 Å². The first-order valence-electron chi connectivity index (χ1n) is 11.3. The van der Waals surface area contributed by atoms with Gasteiger partial charge in [-0.1, -0.05) is 6.07 Å². The number of ether oxygens (including phenoxy) is 1. The Morgan fingerprint density at radius 1 is 1.10 bits per heavy atom. The van der Waals surface area contributed by atoms with Gasteiger partial charge in [0.25, 0.3) is 0 Å². The molecule has 0 saturated carbocycles. The lowest BCUT2D eigenvalue weighted by Crippen LogP contribution is -2.63. The van der Waals surface area contributed by atoms with Crippen molar-refractivity contribution < 1.29 is 4.74 Å². The number of nitrogens with zero attached hydrogens (tertiary/aromatic N) is 5. The normalized spacial score (nSPS) is 22.5. The number of hydrogen-bond acceptors (Lipinski definition) is 8. The zero-order chi connectivity index (χ0) is 20.9. The van der Waals surface area contributed by atoms with Crippen LogP contribution in [0.2, 0.25) is 0 Å². The van der Waals surface area contributed by atoms with Crippen LogP contribution in [0, 0.1) is 6.92 Å². The summed E-state index contributed by atoms with van der Waals surface area (Å²) < 4.78 is 6.33. The average molecular weight is 439 g/mol. The number of nitrogens with one attached hydrogen (secondary N) is 1. The van der Waals surface area contributed by atoms with E-state index < -0.39 is 0 Å². The highest BCUT2D eigenvalue weighted by Gasteiger charge is 2.38. The van der Waals surface area contributed by atoms with Gasteiger partial charge in [0.05, 0.1) is 11.3 Å². The van der Waals surface area contributed by atoms with Crippen LogP contribution in [0.15, 0.2) is 18.5 Å². The first kappa shape index (κ1) is 19.6. The van der Waals surface area contributed by atoms with Crippen LogP contribution >= 0.6 is 11.8 Å². The summed E-state index contributed by atoms with van der Waals surface area (Å²) in [5.74, 6) is 5.73. The maximum absolute atomic E-state index is 6.33. The van der Waals surface area contributed by atoms with E-state index in [-0.39, 0.29) is 0 Å². The number of likely N-dealkylation sites (N-methyl/N-ethyl adjacent to an activating group) is 1. The van der Waals surface area contributed by atoms with Crippen LogP contribution in [0.3, 0.4) is 0 Å². The third-order valence-corrected chi connectivity index (χ3v) is 8.03. The zero-order valence-electron chi connectivity index (χ0n) is 18.3. The fraction of sp³-hybridized carbons (Fsp3) is 0.565. The molecule has 4 aliphatic heterocycles. The average Bonchev–Trinajstić information content (AvgIpc) is 2.91. The Kier molecular flexibility index (Phi) is 4.96. The van der Waals surface area contributed by atoms with E-state index in [1.54, 1.807) is 6.33 Å². The second kappa shape index (κ2) is 7.83. The summed E-state index contributed by atoms with van der Waals surface area (Å²) >= 11 is 2.01. The molecule has 0 bridgehead atoms. The van der Waals surface area contributed by atoms with Crippen LogP contribution in [0.25, 0.3) is 0 Å². The van der Waals surface area contributed by atoms with Gasteiger partial charge in [0.1, 0.15) is 30.3 Å². The lowest BCUT2D eigenvalue weighted by atomic mass is 9.87. The van der Waals surface area contributed by atoms with Gasteiger partial charge in [-0.2, -0.15) is 11.8 Å². The van der Waals surface area contributed by atoms with Gasteiger partial charge in [-0.05, 0) is 31.2 Å². The highest BCUT2D eigenvalue weighted by atomic mass is 32.2. The Bertz CT molecular complexity index is 982. The molecule has 0 atom stereocenters. The Balaban J connectivity index is 1.24. The first-order valence-corrected chi connectivity index (χ1v) is 12.4. The molecule has 0 radical (unpaired) electrons. The van der Waals surface area contributed by atoms with Gasteiger partial charge in [-0.3, -0.25) is 4.90 Å². The van der Waals surface area contributed by atoms with Crippen molar-refractivity contribution >= 4 is 29.1 Å². The molecule has 1 aromatic carbocycles. The molecule has 4 aliphatic rings. The van der Waals surface area contributed by atoms with Crippen molar-refractivity contribution in [2.45, 2.75) is 25.5 Å². The molecule has 31 heavy (non-hydrogen) atoms. The molecule has 2 aromatic rings. The molecule has 6 rings (SSSR count). The van der Waals surface area contributed by atoms with Crippen LogP contribution in [0.5, 0.6) is 5.75 Å². The molecular weight excluding hydrogens is 408 g/mol. The molecule has 8 heteroatoms. The van der Waals surface area contributed by atoms with E-state index in [0.717, 1.165) is 72.4 Å². The summed E-state index contributed by atoms with van der Waals surface area (Å²) in [6, 6.07) is 5.35. The largest absolute Gasteiger partial charge is 0.486 e. The van der Waals surface area contributed by atoms with E-state index in [2.05, 4.69) is 56.1 Å². The number of likely N-dealkylation sites (tertiary alicyclic amines) is 2. The number of thioether (sulfide) groups is 1. The minimum atomic E-state index is 0.502. The maximum Gasteiger partial charge on any atom is 0.146 e. The summed E-state index contributed by atoms with van der Waals surface area (Å²) in [6.45, 7) is 9.45. The smallest absolute Gasteiger partial charge is 0.146 e. The Morgan fingerprint density at radius 2 is 1.90 bits per heavy atom. The molecule has 0 unspecified atom stereocenters. The predicted octanol–water partition coefficient (Wildman–Crippen LogP) is 2.69. The molecule has 3 fully saturated rings. The van der Waals surface area contributed by atoms with Gasteiger partial charge in [-0.25, -0.2) is 9.97 Å². The lowest BCUT2D eigenvalue weighted by molar-refractivity contribution is 0.000992. The van der Waals surface area contributed by atoms with Crippen molar-refractivity contribution in [2.24, 2.45) is 0 Å². The van der Waals surface area contributed by atoms with Gasteiger partial charge in [-0.15, -0.1) is 0 Å². The third kappa shape index (κ3) is 3.54. The fourth-order valence-corrected chi connectivity index (χ4v) is 6.11. The van der Waals surface area contributed by atoms with Crippen LogP contribution in [-0.4, -0.2) is 83.6 Å². The van der Waals surface area contributed by atoms with E-state index in [1.807, 2.05) is 11.8 Å². The molecule has 3 saturated heterocycles. The quantitative estimate of drug-likeness (QED) is 0.785. The monoisotopic (exact) mass is 438 g/mol. The number of fused-ring (bicyclic) bond motifs is 2. The molecule has 0 amide bonds. The van der Waals surface area contributed by atoms with Crippen LogP contribution in [0.4, 0.5) is 17.3 Å². The van der Waals surface area contributed by atoms with Crippen LogP contribution in [0.1, 0.15) is 22.6 Å². The lowest BCUT2D eigenvalue weighted by Gasteiger charge is -2.51. The van der Waals surface area contributed by atoms with E-state index in [1.165, 1.54) is 24.2 Å². The third-order valence-electron chi connectivity index (χ3n) is 7.09. The molecule has 5 heterocycles. The maximum atomic E-state index is 6.33.